The van der Waals surface area contributed by atoms with Crippen molar-refractivity contribution in [3.05, 3.63) is 120 Å². The van der Waals surface area contributed by atoms with Crippen LogP contribution >= 0.6 is 0 Å². The molecule has 0 N–H and O–H groups in total. The van der Waals surface area contributed by atoms with Crippen LogP contribution in [0.1, 0.15) is 38.8 Å². The first-order valence-electron chi connectivity index (χ1n) is 14.0. The summed E-state index contributed by atoms with van der Waals surface area (Å²) in [6.07, 6.45) is 4.69. The number of methoxy groups -OCH3 is 2. The number of allylic oxidation sites excluding steroid dienone is 2. The Morgan fingerprint density at radius 2 is 1.15 bits per heavy atom. The molecular weight excluding hydrogens is 603 g/mol. The Hall–Kier alpha value is -5.83. The van der Waals surface area contributed by atoms with Crippen molar-refractivity contribution in [3.63, 3.8) is 0 Å². The molecule has 0 heterocycles. The van der Waals surface area contributed by atoms with Crippen LogP contribution in [0.5, 0.6) is 23.0 Å². The van der Waals surface area contributed by atoms with E-state index in [-0.39, 0.29) is 39.5 Å². The average Bonchev–Trinajstić information content (AvgIpc) is 3.05. The van der Waals surface area contributed by atoms with Gasteiger partial charge in [0.1, 0.15) is 29.8 Å². The highest BCUT2D eigenvalue weighted by Crippen LogP contribution is 2.41. The number of carbonyl (C=O) groups is 4. The summed E-state index contributed by atoms with van der Waals surface area (Å²) in [7, 11) is 2.99. The summed E-state index contributed by atoms with van der Waals surface area (Å²) in [5.74, 6) is -1.21. The molecule has 3 rings (SSSR count). The molecular formula is C38H39FO8. The van der Waals surface area contributed by atoms with Gasteiger partial charge in [-0.3, -0.25) is 9.59 Å². The summed E-state index contributed by atoms with van der Waals surface area (Å²) in [4.78, 5) is 43.0. The van der Waals surface area contributed by atoms with Gasteiger partial charge in [-0.15, -0.1) is 0 Å². The summed E-state index contributed by atoms with van der Waals surface area (Å²) in [5, 5.41) is 0. The summed E-state index contributed by atoms with van der Waals surface area (Å²) in [5.41, 5.74) is 3.17. The van der Waals surface area contributed by atoms with Crippen LogP contribution in [-0.2, 0) is 19.2 Å². The molecule has 47 heavy (non-hydrogen) atoms. The molecule has 0 spiro atoms. The van der Waals surface area contributed by atoms with Gasteiger partial charge >= 0.3 is 11.9 Å². The maximum Gasteiger partial charge on any atom is 0.338 e. The molecule has 0 fully saturated rings. The van der Waals surface area contributed by atoms with Crippen LogP contribution in [0.3, 0.4) is 0 Å². The lowest BCUT2D eigenvalue weighted by atomic mass is 10.00. The van der Waals surface area contributed by atoms with Gasteiger partial charge in [0.2, 0.25) is 0 Å². The standard InChI is InChI=1S/C30H27FO6.2C4H6O/c1-18(2)29(32)36-23-14-10-21(11-15-23)25-17-26(35-6)24(27(31)28(25)37-30(33)19(3)4)16-9-20-7-12-22(34-5)13-8-20;2*1-4(2)3-5/h7-17H,1,3H2,2,4-6H3;2*3H,1H2,2H3/b16-9+;;. The molecule has 0 bridgehead atoms. The zero-order valence-corrected chi connectivity index (χ0v) is 27.5. The smallest absolute Gasteiger partial charge is 0.338 e. The number of hydrogen-bond donors (Lipinski definition) is 0. The van der Waals surface area contributed by atoms with Gasteiger partial charge in [0.15, 0.2) is 11.6 Å². The van der Waals surface area contributed by atoms with Crippen molar-refractivity contribution in [2.75, 3.05) is 14.2 Å². The van der Waals surface area contributed by atoms with E-state index >= 15 is 4.39 Å². The molecule has 246 valence electrons. The van der Waals surface area contributed by atoms with E-state index in [1.54, 1.807) is 76.4 Å². The molecule has 3 aromatic carbocycles. The second kappa shape index (κ2) is 19.5. The minimum absolute atomic E-state index is 0.0959. The van der Waals surface area contributed by atoms with Gasteiger partial charge < -0.3 is 18.9 Å². The third kappa shape index (κ3) is 13.0. The van der Waals surface area contributed by atoms with Crippen molar-refractivity contribution in [1.29, 1.82) is 0 Å². The Labute approximate surface area is 275 Å². The molecule has 0 saturated carbocycles. The van der Waals surface area contributed by atoms with Crippen LogP contribution < -0.4 is 18.9 Å². The molecule has 0 aliphatic carbocycles. The van der Waals surface area contributed by atoms with Crippen LogP contribution in [-0.4, -0.2) is 38.7 Å². The average molecular weight is 643 g/mol. The van der Waals surface area contributed by atoms with Gasteiger partial charge in [-0.25, -0.2) is 14.0 Å². The van der Waals surface area contributed by atoms with Crippen LogP contribution in [0.15, 0.2) is 103 Å². The lowest BCUT2D eigenvalue weighted by Crippen LogP contribution is -2.11. The highest BCUT2D eigenvalue weighted by molar-refractivity contribution is 5.91. The Morgan fingerprint density at radius 3 is 1.57 bits per heavy atom. The van der Waals surface area contributed by atoms with Gasteiger partial charge in [0.05, 0.1) is 19.8 Å². The predicted molar refractivity (Wildman–Crippen MR) is 183 cm³/mol. The highest BCUT2D eigenvalue weighted by Gasteiger charge is 2.23. The first kappa shape index (κ1) is 39.2. The number of ether oxygens (including phenoxy) is 4. The first-order valence-corrected chi connectivity index (χ1v) is 14.0. The maximum absolute atomic E-state index is 15.9. The van der Waals surface area contributed by atoms with E-state index in [4.69, 9.17) is 18.9 Å². The number of aldehydes is 2. The van der Waals surface area contributed by atoms with Gasteiger partial charge in [-0.05, 0) is 86.4 Å². The maximum atomic E-state index is 15.9. The molecule has 8 nitrogen and oxygen atoms in total. The Bertz CT molecular complexity index is 1650. The molecule has 0 amide bonds. The van der Waals surface area contributed by atoms with E-state index in [9.17, 15) is 19.2 Å². The topological polar surface area (TPSA) is 105 Å². The highest BCUT2D eigenvalue weighted by atomic mass is 19.1. The normalized spacial score (nSPS) is 9.77. The molecule has 3 aromatic rings. The van der Waals surface area contributed by atoms with E-state index in [2.05, 4.69) is 26.3 Å². The van der Waals surface area contributed by atoms with Crippen molar-refractivity contribution in [1.82, 2.24) is 0 Å². The monoisotopic (exact) mass is 642 g/mol. The van der Waals surface area contributed by atoms with Crippen LogP contribution in [0, 0.1) is 5.82 Å². The summed E-state index contributed by atoms with van der Waals surface area (Å²) < 4.78 is 37.2. The fourth-order valence-corrected chi connectivity index (χ4v) is 3.23. The number of esters is 2. The quantitative estimate of drug-likeness (QED) is 0.0678. The number of benzene rings is 3. The largest absolute Gasteiger partial charge is 0.497 e. The van der Waals surface area contributed by atoms with Gasteiger partial charge in [-0.1, -0.05) is 56.7 Å². The Morgan fingerprint density at radius 1 is 0.681 bits per heavy atom. The van der Waals surface area contributed by atoms with Crippen LogP contribution in [0.4, 0.5) is 4.39 Å². The minimum atomic E-state index is -0.786. The SMILES string of the molecule is C=C(C)C(=O)Oc1ccc(-c2cc(OC)c(/C=C/c3ccc(OC)cc3)c(F)c2OC(=O)C(=C)C)cc1.C=C(C)C=O.C=C(C)C=O. The fraction of sp³-hybridized carbons (Fsp3) is 0.158. The van der Waals surface area contributed by atoms with Crippen molar-refractivity contribution < 1.29 is 42.5 Å². The minimum Gasteiger partial charge on any atom is -0.497 e. The second-order valence-corrected chi connectivity index (χ2v) is 10.1. The summed E-state index contributed by atoms with van der Waals surface area (Å²) in [6.45, 7) is 20.1. The summed E-state index contributed by atoms with van der Waals surface area (Å²) in [6, 6.07) is 15.1. The molecule has 0 saturated heterocycles. The first-order chi connectivity index (χ1) is 22.2. The Kier molecular flexibility index (Phi) is 16.3. The molecule has 0 radical (unpaired) electrons. The number of halogens is 1. The summed E-state index contributed by atoms with van der Waals surface area (Å²) >= 11 is 0. The zero-order chi connectivity index (χ0) is 35.7. The van der Waals surface area contributed by atoms with Crippen molar-refractivity contribution >= 4 is 36.7 Å². The molecule has 9 heteroatoms. The number of rotatable bonds is 11. The third-order valence-corrected chi connectivity index (χ3v) is 5.67. The van der Waals surface area contributed by atoms with E-state index < -0.39 is 17.8 Å². The zero-order valence-electron chi connectivity index (χ0n) is 27.5. The molecule has 0 unspecified atom stereocenters. The van der Waals surface area contributed by atoms with Gasteiger partial charge in [0.25, 0.3) is 0 Å². The molecule has 0 atom stereocenters. The third-order valence-electron chi connectivity index (χ3n) is 5.67. The lowest BCUT2D eigenvalue weighted by Gasteiger charge is -2.16. The van der Waals surface area contributed by atoms with E-state index in [1.807, 2.05) is 12.1 Å². The lowest BCUT2D eigenvalue weighted by molar-refractivity contribution is -0.131. The predicted octanol–water partition coefficient (Wildman–Crippen LogP) is 8.17. The molecule has 0 aliphatic heterocycles. The number of hydrogen-bond acceptors (Lipinski definition) is 8. The van der Waals surface area contributed by atoms with Crippen molar-refractivity contribution in [3.8, 4) is 34.1 Å². The number of carbonyl (C=O) groups excluding carboxylic acids is 4. The van der Waals surface area contributed by atoms with E-state index in [1.165, 1.54) is 20.1 Å². The van der Waals surface area contributed by atoms with Crippen molar-refractivity contribution in [2.45, 2.75) is 27.7 Å². The Balaban J connectivity index is 0.000000961. The van der Waals surface area contributed by atoms with Gasteiger partial charge in [-0.2, -0.15) is 0 Å². The van der Waals surface area contributed by atoms with Crippen molar-refractivity contribution in [2.24, 2.45) is 0 Å². The van der Waals surface area contributed by atoms with Crippen LogP contribution in [0.2, 0.25) is 0 Å². The van der Waals surface area contributed by atoms with E-state index in [0.717, 1.165) is 18.1 Å². The molecule has 0 aliphatic rings. The second-order valence-electron chi connectivity index (χ2n) is 10.1. The molecule has 0 aromatic heterocycles. The fourth-order valence-electron chi connectivity index (χ4n) is 3.23. The van der Waals surface area contributed by atoms with Crippen LogP contribution in [0.25, 0.3) is 23.3 Å². The van der Waals surface area contributed by atoms with Gasteiger partial charge in [0, 0.05) is 16.7 Å². The van der Waals surface area contributed by atoms with E-state index in [0.29, 0.717) is 22.5 Å².